The van der Waals surface area contributed by atoms with E-state index in [0.29, 0.717) is 5.02 Å². The predicted octanol–water partition coefficient (Wildman–Crippen LogP) is 5.71. The van der Waals surface area contributed by atoms with Gasteiger partial charge in [0, 0.05) is 10.4 Å². The van der Waals surface area contributed by atoms with Crippen molar-refractivity contribution in [3.05, 3.63) is 75.9 Å². The number of para-hydroxylation sites is 1. The molecule has 0 unspecified atom stereocenters. The zero-order valence-corrected chi connectivity index (χ0v) is 12.1. The summed E-state index contributed by atoms with van der Waals surface area (Å²) in [6.45, 7) is 0. The third-order valence-electron chi connectivity index (χ3n) is 3.03. The molecule has 0 bridgehead atoms. The Morgan fingerprint density at radius 2 is 1.55 bits per heavy atom. The van der Waals surface area contributed by atoms with E-state index in [1.165, 1.54) is 0 Å². The van der Waals surface area contributed by atoms with Crippen LogP contribution in [0.15, 0.2) is 54.6 Å². The lowest BCUT2D eigenvalue weighted by atomic mass is 10.1. The van der Waals surface area contributed by atoms with E-state index >= 15 is 0 Å². The van der Waals surface area contributed by atoms with Crippen molar-refractivity contribution in [1.82, 2.24) is 4.98 Å². The highest BCUT2D eigenvalue weighted by atomic mass is 35.5. The Morgan fingerprint density at radius 3 is 2.40 bits per heavy atom. The molecule has 3 aromatic rings. The molecule has 0 radical (unpaired) electrons. The molecule has 0 atom stereocenters. The molecule has 1 heterocycles. The number of rotatable bonds is 2. The number of hydrogen-bond acceptors (Lipinski definition) is 1. The molecule has 0 aliphatic rings. The van der Waals surface area contributed by atoms with E-state index in [9.17, 15) is 0 Å². The zero-order chi connectivity index (χ0) is 13.9. The van der Waals surface area contributed by atoms with Gasteiger partial charge in [-0.05, 0) is 29.8 Å². The summed E-state index contributed by atoms with van der Waals surface area (Å²) in [7, 11) is 0. The maximum atomic E-state index is 6.16. The van der Waals surface area contributed by atoms with Crippen molar-refractivity contribution < 1.29 is 0 Å². The smallest absolute Gasteiger partial charge is 0.0895 e. The Morgan fingerprint density at radius 1 is 0.750 bits per heavy atom. The quantitative estimate of drug-likeness (QED) is 0.590. The highest BCUT2D eigenvalue weighted by molar-refractivity contribution is 6.35. The van der Waals surface area contributed by atoms with Crippen LogP contribution >= 0.6 is 23.2 Å². The normalized spacial score (nSPS) is 11.3. The third-order valence-corrected chi connectivity index (χ3v) is 3.68. The monoisotopic (exact) mass is 299 g/mol. The number of fused-ring (bicyclic) bond motifs is 1. The predicted molar refractivity (Wildman–Crippen MR) is 87.1 cm³/mol. The van der Waals surface area contributed by atoms with Crippen LogP contribution in [0, 0.1) is 0 Å². The fourth-order valence-electron chi connectivity index (χ4n) is 2.00. The minimum atomic E-state index is 0.662. The van der Waals surface area contributed by atoms with Crippen molar-refractivity contribution in [3.63, 3.8) is 0 Å². The Hall–Kier alpha value is -1.83. The second-order valence-corrected chi connectivity index (χ2v) is 5.22. The topological polar surface area (TPSA) is 12.9 Å². The molecule has 1 nitrogen and oxygen atoms in total. The van der Waals surface area contributed by atoms with Gasteiger partial charge in [0.2, 0.25) is 0 Å². The first-order chi connectivity index (χ1) is 9.74. The SMILES string of the molecule is Clc1ccccc1/C=C/c1ccc2cccc(Cl)c2n1. The number of benzene rings is 2. The Labute approximate surface area is 127 Å². The molecule has 3 heteroatoms. The summed E-state index contributed by atoms with van der Waals surface area (Å²) in [4.78, 5) is 4.56. The summed E-state index contributed by atoms with van der Waals surface area (Å²) in [5.41, 5.74) is 2.64. The molecule has 0 aliphatic carbocycles. The second-order valence-electron chi connectivity index (χ2n) is 4.40. The third kappa shape index (κ3) is 2.69. The summed E-state index contributed by atoms with van der Waals surface area (Å²) in [6.07, 6.45) is 3.89. The van der Waals surface area contributed by atoms with Gasteiger partial charge in [-0.2, -0.15) is 0 Å². The van der Waals surface area contributed by atoms with E-state index in [0.717, 1.165) is 27.2 Å². The van der Waals surface area contributed by atoms with Crippen molar-refractivity contribution in [2.75, 3.05) is 0 Å². The van der Waals surface area contributed by atoms with Gasteiger partial charge in [0.05, 0.1) is 16.2 Å². The Bertz CT molecular complexity index is 794. The molecule has 0 saturated heterocycles. The van der Waals surface area contributed by atoms with Gasteiger partial charge in [0.1, 0.15) is 0 Å². The molecule has 0 aliphatic heterocycles. The van der Waals surface area contributed by atoms with Crippen LogP contribution in [-0.4, -0.2) is 4.98 Å². The van der Waals surface area contributed by atoms with E-state index in [1.54, 1.807) is 0 Å². The van der Waals surface area contributed by atoms with Gasteiger partial charge in [-0.1, -0.05) is 65.7 Å². The van der Waals surface area contributed by atoms with Crippen molar-refractivity contribution in [2.24, 2.45) is 0 Å². The van der Waals surface area contributed by atoms with Crippen molar-refractivity contribution in [3.8, 4) is 0 Å². The fourth-order valence-corrected chi connectivity index (χ4v) is 2.43. The summed E-state index contributed by atoms with van der Waals surface area (Å²) in [5.74, 6) is 0. The minimum Gasteiger partial charge on any atom is -0.247 e. The van der Waals surface area contributed by atoms with Gasteiger partial charge in [-0.15, -0.1) is 0 Å². The molecule has 0 spiro atoms. The van der Waals surface area contributed by atoms with Crippen molar-refractivity contribution in [2.45, 2.75) is 0 Å². The summed E-state index contributed by atoms with van der Waals surface area (Å²) in [5, 5.41) is 2.42. The standard InChI is InChI=1S/C17H11Cl2N/c18-15-6-2-1-4-12(15)8-10-14-11-9-13-5-3-7-16(19)17(13)20-14/h1-11H/b10-8+. The number of nitrogens with zero attached hydrogens (tertiary/aromatic N) is 1. The van der Waals surface area contributed by atoms with Crippen LogP contribution < -0.4 is 0 Å². The lowest BCUT2D eigenvalue weighted by Crippen LogP contribution is -1.84. The van der Waals surface area contributed by atoms with Gasteiger partial charge >= 0.3 is 0 Å². The number of hydrogen-bond donors (Lipinski definition) is 0. The first-order valence-corrected chi connectivity index (χ1v) is 6.97. The van der Waals surface area contributed by atoms with Crippen LogP contribution in [0.5, 0.6) is 0 Å². The molecule has 2 aromatic carbocycles. The minimum absolute atomic E-state index is 0.662. The molecule has 98 valence electrons. The van der Waals surface area contributed by atoms with Gasteiger partial charge in [0.15, 0.2) is 0 Å². The first-order valence-electron chi connectivity index (χ1n) is 6.22. The molecule has 0 fully saturated rings. The van der Waals surface area contributed by atoms with Gasteiger partial charge in [-0.3, -0.25) is 0 Å². The zero-order valence-electron chi connectivity index (χ0n) is 10.6. The van der Waals surface area contributed by atoms with Crippen LogP contribution in [0.1, 0.15) is 11.3 Å². The van der Waals surface area contributed by atoms with E-state index in [-0.39, 0.29) is 0 Å². The van der Waals surface area contributed by atoms with E-state index in [2.05, 4.69) is 4.98 Å². The van der Waals surface area contributed by atoms with E-state index in [1.807, 2.05) is 66.7 Å². The maximum absolute atomic E-state index is 6.16. The van der Waals surface area contributed by atoms with E-state index < -0.39 is 0 Å². The second kappa shape index (κ2) is 5.66. The summed E-state index contributed by atoms with van der Waals surface area (Å²) in [6, 6.07) is 17.4. The lowest BCUT2D eigenvalue weighted by molar-refractivity contribution is 1.37. The molecular weight excluding hydrogens is 289 g/mol. The number of halogens is 2. The summed E-state index contributed by atoms with van der Waals surface area (Å²) >= 11 is 12.3. The molecule has 0 saturated carbocycles. The largest absolute Gasteiger partial charge is 0.247 e. The molecule has 3 rings (SSSR count). The Balaban J connectivity index is 1.99. The lowest BCUT2D eigenvalue weighted by Gasteiger charge is -2.01. The van der Waals surface area contributed by atoms with Crippen LogP contribution in [0.25, 0.3) is 23.1 Å². The van der Waals surface area contributed by atoms with E-state index in [4.69, 9.17) is 23.2 Å². The molecular formula is C17H11Cl2N. The summed E-state index contributed by atoms with van der Waals surface area (Å²) < 4.78 is 0. The van der Waals surface area contributed by atoms with Crippen LogP contribution in [0.4, 0.5) is 0 Å². The molecule has 20 heavy (non-hydrogen) atoms. The van der Waals surface area contributed by atoms with Crippen LogP contribution in [0.2, 0.25) is 10.0 Å². The fraction of sp³-hybridized carbons (Fsp3) is 0. The van der Waals surface area contributed by atoms with Crippen molar-refractivity contribution in [1.29, 1.82) is 0 Å². The van der Waals surface area contributed by atoms with Crippen LogP contribution in [0.3, 0.4) is 0 Å². The maximum Gasteiger partial charge on any atom is 0.0895 e. The molecule has 0 amide bonds. The van der Waals surface area contributed by atoms with Gasteiger partial charge in [-0.25, -0.2) is 4.98 Å². The number of pyridine rings is 1. The highest BCUT2D eigenvalue weighted by Crippen LogP contribution is 2.23. The average molecular weight is 300 g/mol. The first kappa shape index (κ1) is 13.2. The highest BCUT2D eigenvalue weighted by Gasteiger charge is 2.00. The Kier molecular flexibility index (Phi) is 3.72. The molecule has 1 aromatic heterocycles. The van der Waals surface area contributed by atoms with Crippen LogP contribution in [-0.2, 0) is 0 Å². The molecule has 0 N–H and O–H groups in total. The van der Waals surface area contributed by atoms with Gasteiger partial charge < -0.3 is 0 Å². The van der Waals surface area contributed by atoms with Gasteiger partial charge in [0.25, 0.3) is 0 Å². The average Bonchev–Trinajstić information content (AvgIpc) is 2.47. The van der Waals surface area contributed by atoms with Crippen molar-refractivity contribution >= 4 is 46.3 Å². The number of aromatic nitrogens is 1.